The molecular formula is C16H16BrN3O2. The average Bonchev–Trinajstić information content (AvgIpc) is 2.94. The number of esters is 1. The molecule has 3 rings (SSSR count). The maximum atomic E-state index is 12.5. The molecule has 0 saturated carbocycles. The van der Waals surface area contributed by atoms with Crippen LogP contribution in [0.4, 0.5) is 0 Å². The number of benzene rings is 1. The summed E-state index contributed by atoms with van der Waals surface area (Å²) in [4.78, 5) is 16.8. The summed E-state index contributed by atoms with van der Waals surface area (Å²) in [6.07, 6.45) is 1.46. The first-order chi connectivity index (χ1) is 10.5. The molecule has 0 spiro atoms. The molecule has 0 atom stereocenters. The summed E-state index contributed by atoms with van der Waals surface area (Å²) >= 11 is 3.50. The minimum absolute atomic E-state index is 0.151. The van der Waals surface area contributed by atoms with Crippen LogP contribution in [0.3, 0.4) is 0 Å². The van der Waals surface area contributed by atoms with E-state index in [0.29, 0.717) is 17.8 Å². The average molecular weight is 362 g/mol. The molecule has 0 amide bonds. The quantitative estimate of drug-likeness (QED) is 0.662. The third-order valence-corrected chi connectivity index (χ3v) is 4.07. The third-order valence-electron chi connectivity index (χ3n) is 3.57. The van der Waals surface area contributed by atoms with E-state index in [0.717, 1.165) is 20.9 Å². The number of rotatable bonds is 3. The van der Waals surface area contributed by atoms with Gasteiger partial charge in [0.05, 0.1) is 12.1 Å². The highest BCUT2D eigenvalue weighted by Gasteiger charge is 2.24. The molecule has 2 aromatic heterocycles. The van der Waals surface area contributed by atoms with Gasteiger partial charge in [-0.3, -0.25) is 0 Å². The van der Waals surface area contributed by atoms with Gasteiger partial charge in [-0.05, 0) is 36.6 Å². The van der Waals surface area contributed by atoms with Crippen molar-refractivity contribution in [3.63, 3.8) is 0 Å². The van der Waals surface area contributed by atoms with Crippen LogP contribution in [0.15, 0.2) is 29.0 Å². The molecule has 114 valence electrons. The molecule has 0 aliphatic carbocycles. The molecule has 0 radical (unpaired) electrons. The van der Waals surface area contributed by atoms with Crippen LogP contribution in [0.1, 0.15) is 42.6 Å². The predicted octanol–water partition coefficient (Wildman–Crippen LogP) is 3.95. The number of nitrogens with zero attached hydrogens (tertiary/aromatic N) is 3. The maximum Gasteiger partial charge on any atom is 0.342 e. The molecule has 0 aliphatic rings. The zero-order valence-corrected chi connectivity index (χ0v) is 14.2. The van der Waals surface area contributed by atoms with E-state index in [1.54, 1.807) is 11.4 Å². The van der Waals surface area contributed by atoms with Crippen LogP contribution in [0.25, 0.3) is 16.6 Å². The normalized spacial score (nSPS) is 11.5. The largest absolute Gasteiger partial charge is 0.462 e. The standard InChI is InChI=1S/C16H16BrN3O2/c1-4-22-16(21)14-13(9(2)3)11-7-10(17)5-6-12(11)20-15(14)18-8-19-20/h5-9H,4H2,1-3H3. The minimum Gasteiger partial charge on any atom is -0.462 e. The highest BCUT2D eigenvalue weighted by molar-refractivity contribution is 9.10. The van der Waals surface area contributed by atoms with Gasteiger partial charge in [-0.1, -0.05) is 29.8 Å². The van der Waals surface area contributed by atoms with Crippen LogP contribution in [0.5, 0.6) is 0 Å². The highest BCUT2D eigenvalue weighted by atomic mass is 79.9. The van der Waals surface area contributed by atoms with Crippen LogP contribution in [0, 0.1) is 0 Å². The van der Waals surface area contributed by atoms with Crippen LogP contribution in [-0.2, 0) is 4.74 Å². The van der Waals surface area contributed by atoms with E-state index in [2.05, 4.69) is 39.9 Å². The summed E-state index contributed by atoms with van der Waals surface area (Å²) in [6, 6.07) is 5.94. The molecule has 2 heterocycles. The molecule has 0 fully saturated rings. The molecule has 22 heavy (non-hydrogen) atoms. The van der Waals surface area contributed by atoms with Gasteiger partial charge in [0, 0.05) is 9.86 Å². The number of hydrogen-bond acceptors (Lipinski definition) is 4. The molecule has 0 N–H and O–H groups in total. The lowest BCUT2D eigenvalue weighted by molar-refractivity contribution is 0.0526. The van der Waals surface area contributed by atoms with Crippen molar-refractivity contribution in [1.82, 2.24) is 14.6 Å². The zero-order chi connectivity index (χ0) is 15.9. The number of carbonyl (C=O) groups is 1. The van der Waals surface area contributed by atoms with E-state index >= 15 is 0 Å². The number of hydrogen-bond donors (Lipinski definition) is 0. The van der Waals surface area contributed by atoms with Gasteiger partial charge in [0.15, 0.2) is 5.65 Å². The molecule has 1 aromatic carbocycles. The Balaban J connectivity index is 2.50. The molecule has 0 saturated heterocycles. The number of halogens is 1. The number of ether oxygens (including phenoxy) is 1. The van der Waals surface area contributed by atoms with E-state index in [1.165, 1.54) is 6.33 Å². The maximum absolute atomic E-state index is 12.5. The smallest absolute Gasteiger partial charge is 0.342 e. The Hall–Kier alpha value is -1.95. The summed E-state index contributed by atoms with van der Waals surface area (Å²) in [7, 11) is 0. The Labute approximate surface area is 136 Å². The van der Waals surface area contributed by atoms with Crippen molar-refractivity contribution in [2.75, 3.05) is 6.61 Å². The van der Waals surface area contributed by atoms with E-state index < -0.39 is 0 Å². The SMILES string of the molecule is CCOC(=O)c1c(C(C)C)c2cc(Br)ccc2n2ncnc12. The lowest BCUT2D eigenvalue weighted by atomic mass is 9.93. The molecule has 0 aliphatic heterocycles. The van der Waals surface area contributed by atoms with E-state index in [4.69, 9.17) is 4.74 Å². The van der Waals surface area contributed by atoms with E-state index in [1.807, 2.05) is 18.2 Å². The molecule has 3 aromatic rings. The van der Waals surface area contributed by atoms with Crippen LogP contribution < -0.4 is 0 Å². The Bertz CT molecular complexity index is 871. The number of carbonyl (C=O) groups excluding carboxylic acids is 1. The van der Waals surface area contributed by atoms with Crippen molar-refractivity contribution in [3.05, 3.63) is 40.1 Å². The Morgan fingerprint density at radius 2 is 2.18 bits per heavy atom. The van der Waals surface area contributed by atoms with Gasteiger partial charge in [0.2, 0.25) is 0 Å². The number of aromatic nitrogens is 3. The van der Waals surface area contributed by atoms with Crippen LogP contribution in [0.2, 0.25) is 0 Å². The van der Waals surface area contributed by atoms with Crippen molar-refractivity contribution in [1.29, 1.82) is 0 Å². The monoisotopic (exact) mass is 361 g/mol. The van der Waals surface area contributed by atoms with Gasteiger partial charge in [-0.2, -0.15) is 5.10 Å². The number of pyridine rings is 1. The summed E-state index contributed by atoms with van der Waals surface area (Å²) in [5, 5.41) is 5.24. The van der Waals surface area contributed by atoms with E-state index in [9.17, 15) is 4.79 Å². The summed E-state index contributed by atoms with van der Waals surface area (Å²) in [5.41, 5.74) is 2.90. The Morgan fingerprint density at radius 1 is 1.41 bits per heavy atom. The second-order valence-electron chi connectivity index (χ2n) is 5.32. The first-order valence-electron chi connectivity index (χ1n) is 7.16. The lowest BCUT2D eigenvalue weighted by Gasteiger charge is -2.17. The topological polar surface area (TPSA) is 56.5 Å². The van der Waals surface area contributed by atoms with Crippen molar-refractivity contribution in [2.24, 2.45) is 0 Å². The van der Waals surface area contributed by atoms with Crippen molar-refractivity contribution in [2.45, 2.75) is 26.7 Å². The lowest BCUT2D eigenvalue weighted by Crippen LogP contribution is -2.13. The van der Waals surface area contributed by atoms with E-state index in [-0.39, 0.29) is 11.9 Å². The fraction of sp³-hybridized carbons (Fsp3) is 0.312. The fourth-order valence-corrected chi connectivity index (χ4v) is 3.12. The first kappa shape index (κ1) is 15.0. The molecule has 0 bridgehead atoms. The second-order valence-corrected chi connectivity index (χ2v) is 6.24. The Morgan fingerprint density at radius 3 is 2.86 bits per heavy atom. The predicted molar refractivity (Wildman–Crippen MR) is 88.2 cm³/mol. The van der Waals surface area contributed by atoms with Crippen molar-refractivity contribution in [3.8, 4) is 0 Å². The molecule has 5 nitrogen and oxygen atoms in total. The molecule has 0 unspecified atom stereocenters. The third kappa shape index (κ3) is 2.27. The summed E-state index contributed by atoms with van der Waals surface area (Å²) in [6.45, 7) is 6.25. The van der Waals surface area contributed by atoms with Gasteiger partial charge in [0.25, 0.3) is 0 Å². The van der Waals surface area contributed by atoms with Crippen LogP contribution >= 0.6 is 15.9 Å². The van der Waals surface area contributed by atoms with Gasteiger partial charge < -0.3 is 4.74 Å². The van der Waals surface area contributed by atoms with Crippen LogP contribution in [-0.4, -0.2) is 27.2 Å². The number of fused-ring (bicyclic) bond motifs is 3. The first-order valence-corrected chi connectivity index (χ1v) is 7.95. The molecule has 6 heteroatoms. The highest BCUT2D eigenvalue weighted by Crippen LogP contribution is 2.33. The van der Waals surface area contributed by atoms with Gasteiger partial charge in [-0.15, -0.1) is 0 Å². The van der Waals surface area contributed by atoms with Crippen molar-refractivity contribution < 1.29 is 9.53 Å². The Kier molecular flexibility index (Phi) is 3.87. The van der Waals surface area contributed by atoms with Gasteiger partial charge in [-0.25, -0.2) is 14.3 Å². The van der Waals surface area contributed by atoms with Crippen molar-refractivity contribution >= 4 is 38.4 Å². The van der Waals surface area contributed by atoms with Gasteiger partial charge >= 0.3 is 5.97 Å². The second kappa shape index (κ2) is 5.68. The summed E-state index contributed by atoms with van der Waals surface area (Å²) in [5.74, 6) is -0.205. The summed E-state index contributed by atoms with van der Waals surface area (Å²) < 4.78 is 7.89. The zero-order valence-electron chi connectivity index (χ0n) is 12.6. The minimum atomic E-state index is -0.355. The molecular weight excluding hydrogens is 346 g/mol. The fourth-order valence-electron chi connectivity index (χ4n) is 2.76. The van der Waals surface area contributed by atoms with Gasteiger partial charge in [0.1, 0.15) is 11.9 Å².